The average Bonchev–Trinajstić information content (AvgIpc) is 3.13. The molecule has 4 aromatic rings. The van der Waals surface area contributed by atoms with Crippen LogP contribution in [0.1, 0.15) is 16.7 Å². The van der Waals surface area contributed by atoms with Crippen molar-refractivity contribution in [3.8, 4) is 0 Å². The summed E-state index contributed by atoms with van der Waals surface area (Å²) >= 11 is 5.98. The molecule has 160 valence electrons. The van der Waals surface area contributed by atoms with Crippen molar-refractivity contribution in [3.05, 3.63) is 111 Å². The summed E-state index contributed by atoms with van der Waals surface area (Å²) in [7, 11) is 0. The van der Waals surface area contributed by atoms with Crippen LogP contribution in [0.5, 0.6) is 0 Å². The van der Waals surface area contributed by atoms with Gasteiger partial charge in [-0.3, -0.25) is 14.9 Å². The van der Waals surface area contributed by atoms with Crippen LogP contribution < -0.4 is 5.43 Å². The Kier molecular flexibility index (Phi) is 6.28. The molecule has 4 rings (SSSR count). The van der Waals surface area contributed by atoms with Gasteiger partial charge in [0.15, 0.2) is 0 Å². The van der Waals surface area contributed by atoms with Gasteiger partial charge in [0, 0.05) is 46.4 Å². The third-order valence-electron chi connectivity index (χ3n) is 4.99. The predicted molar refractivity (Wildman–Crippen MR) is 125 cm³/mol. The first-order valence-electron chi connectivity index (χ1n) is 9.87. The molecule has 0 unspecified atom stereocenters. The van der Waals surface area contributed by atoms with Gasteiger partial charge in [-0.2, -0.15) is 5.10 Å². The number of nitro benzene ring substituents is 1. The largest absolute Gasteiger partial charge is 0.342 e. The molecule has 3 aromatic carbocycles. The summed E-state index contributed by atoms with van der Waals surface area (Å²) in [5, 5.41) is 16.5. The van der Waals surface area contributed by atoms with Gasteiger partial charge in [-0.25, -0.2) is 5.43 Å². The summed E-state index contributed by atoms with van der Waals surface area (Å²) in [6.07, 6.45) is 3.69. The Morgan fingerprint density at radius 3 is 2.44 bits per heavy atom. The Hall–Kier alpha value is -3.97. The van der Waals surface area contributed by atoms with E-state index in [0.29, 0.717) is 17.1 Å². The zero-order valence-corrected chi connectivity index (χ0v) is 17.7. The Morgan fingerprint density at radius 2 is 1.72 bits per heavy atom. The van der Waals surface area contributed by atoms with E-state index in [1.165, 1.54) is 12.1 Å². The van der Waals surface area contributed by atoms with Crippen molar-refractivity contribution >= 4 is 40.3 Å². The topological polar surface area (TPSA) is 89.5 Å². The van der Waals surface area contributed by atoms with E-state index in [9.17, 15) is 14.9 Å². The van der Waals surface area contributed by atoms with Gasteiger partial charge < -0.3 is 4.57 Å². The van der Waals surface area contributed by atoms with Crippen molar-refractivity contribution in [2.24, 2.45) is 5.10 Å². The maximum atomic E-state index is 12.2. The quantitative estimate of drug-likeness (QED) is 0.247. The van der Waals surface area contributed by atoms with Crippen LogP contribution >= 0.6 is 11.6 Å². The lowest BCUT2D eigenvalue weighted by molar-refractivity contribution is -0.384. The molecule has 8 heteroatoms. The highest BCUT2D eigenvalue weighted by Crippen LogP contribution is 2.22. The molecule has 0 aliphatic rings. The van der Waals surface area contributed by atoms with E-state index in [2.05, 4.69) is 15.1 Å². The number of aromatic nitrogens is 1. The number of benzene rings is 3. The first kappa shape index (κ1) is 21.3. The number of rotatable bonds is 7. The van der Waals surface area contributed by atoms with Gasteiger partial charge in [-0.1, -0.05) is 54.1 Å². The van der Waals surface area contributed by atoms with Crippen molar-refractivity contribution in [1.29, 1.82) is 0 Å². The summed E-state index contributed by atoms with van der Waals surface area (Å²) in [6, 6.07) is 21.6. The molecule has 0 aliphatic carbocycles. The van der Waals surface area contributed by atoms with E-state index in [-0.39, 0.29) is 18.0 Å². The zero-order chi connectivity index (χ0) is 22.5. The maximum Gasteiger partial charge on any atom is 0.269 e. The van der Waals surface area contributed by atoms with E-state index in [1.54, 1.807) is 18.3 Å². The molecule has 0 saturated heterocycles. The monoisotopic (exact) mass is 446 g/mol. The minimum atomic E-state index is -0.475. The highest BCUT2D eigenvalue weighted by atomic mass is 35.5. The summed E-state index contributed by atoms with van der Waals surface area (Å²) in [4.78, 5) is 22.4. The number of hydrogen-bond acceptors (Lipinski definition) is 4. The fourth-order valence-electron chi connectivity index (χ4n) is 3.43. The fourth-order valence-corrected chi connectivity index (χ4v) is 3.56. The number of nitro groups is 1. The normalized spacial score (nSPS) is 11.2. The van der Waals surface area contributed by atoms with Crippen LogP contribution in [0, 0.1) is 10.1 Å². The van der Waals surface area contributed by atoms with Gasteiger partial charge in [0.1, 0.15) is 0 Å². The molecule has 0 aliphatic heterocycles. The smallest absolute Gasteiger partial charge is 0.269 e. The number of hydrogen-bond donors (Lipinski definition) is 1. The van der Waals surface area contributed by atoms with Crippen LogP contribution in [0.25, 0.3) is 10.9 Å². The third kappa shape index (κ3) is 5.01. The molecule has 1 aromatic heterocycles. The number of carbonyl (C=O) groups excluding carboxylic acids is 1. The van der Waals surface area contributed by atoms with Crippen LogP contribution in [0.3, 0.4) is 0 Å². The van der Waals surface area contributed by atoms with E-state index in [0.717, 1.165) is 22.0 Å². The standard InChI is InChI=1S/C24H19ClN4O3/c25-20-9-5-18(6-10-20)15-28-16-19(22-3-1-2-4-23(22)28)14-26-27-24(30)13-17-7-11-21(12-8-17)29(31)32/h1-12,14,16H,13,15H2,(H,27,30)/b26-14-. The average molecular weight is 447 g/mol. The molecule has 0 atom stereocenters. The number of para-hydroxylation sites is 1. The van der Waals surface area contributed by atoms with Crippen molar-refractivity contribution in [2.75, 3.05) is 0 Å². The molecule has 0 fully saturated rings. The molecular formula is C24H19ClN4O3. The van der Waals surface area contributed by atoms with Crippen molar-refractivity contribution in [1.82, 2.24) is 9.99 Å². The van der Waals surface area contributed by atoms with E-state index >= 15 is 0 Å². The number of nitrogens with one attached hydrogen (secondary N) is 1. The first-order chi connectivity index (χ1) is 15.5. The molecule has 0 radical (unpaired) electrons. The highest BCUT2D eigenvalue weighted by Gasteiger charge is 2.09. The molecule has 1 amide bonds. The summed E-state index contributed by atoms with van der Waals surface area (Å²) in [6.45, 7) is 0.679. The molecule has 0 spiro atoms. The number of carbonyl (C=O) groups is 1. The molecular weight excluding hydrogens is 428 g/mol. The zero-order valence-electron chi connectivity index (χ0n) is 16.9. The van der Waals surface area contributed by atoms with E-state index in [4.69, 9.17) is 11.6 Å². The number of non-ortho nitro benzene ring substituents is 1. The SMILES string of the molecule is O=C(Cc1ccc([N+](=O)[O-])cc1)N/N=C\c1cn(Cc2ccc(Cl)cc2)c2ccccc12. The molecule has 7 nitrogen and oxygen atoms in total. The number of fused-ring (bicyclic) bond motifs is 1. The molecule has 1 N–H and O–H groups in total. The predicted octanol–water partition coefficient (Wildman–Crippen LogP) is 4.94. The minimum Gasteiger partial charge on any atom is -0.342 e. The van der Waals surface area contributed by atoms with Gasteiger partial charge in [0.25, 0.3) is 5.69 Å². The highest BCUT2D eigenvalue weighted by molar-refractivity contribution is 6.30. The Bertz CT molecular complexity index is 1300. The molecule has 0 saturated carbocycles. The summed E-state index contributed by atoms with van der Waals surface area (Å²) < 4.78 is 2.12. The second-order valence-electron chi connectivity index (χ2n) is 7.25. The first-order valence-corrected chi connectivity index (χ1v) is 10.2. The summed E-state index contributed by atoms with van der Waals surface area (Å²) in [5.74, 6) is -0.306. The van der Waals surface area contributed by atoms with Crippen LogP contribution in [-0.2, 0) is 17.8 Å². The van der Waals surface area contributed by atoms with Crippen molar-refractivity contribution in [2.45, 2.75) is 13.0 Å². The Morgan fingerprint density at radius 1 is 1.03 bits per heavy atom. The second kappa shape index (κ2) is 9.45. The van der Waals surface area contributed by atoms with Crippen molar-refractivity contribution < 1.29 is 9.72 Å². The minimum absolute atomic E-state index is 0.0119. The van der Waals surface area contributed by atoms with Crippen LogP contribution in [0.15, 0.2) is 84.1 Å². The molecule has 0 bridgehead atoms. The van der Waals surface area contributed by atoms with E-state index in [1.807, 2.05) is 54.7 Å². The number of halogens is 1. The van der Waals surface area contributed by atoms with Gasteiger partial charge in [0.2, 0.25) is 5.91 Å². The number of nitrogens with zero attached hydrogens (tertiary/aromatic N) is 3. The summed E-state index contributed by atoms with van der Waals surface area (Å²) in [5.41, 5.74) is 6.23. The van der Waals surface area contributed by atoms with Crippen LogP contribution in [0.4, 0.5) is 5.69 Å². The lowest BCUT2D eigenvalue weighted by Gasteiger charge is -2.05. The lowest BCUT2D eigenvalue weighted by Crippen LogP contribution is -2.19. The Balaban J connectivity index is 1.45. The van der Waals surface area contributed by atoms with Gasteiger partial charge in [-0.15, -0.1) is 0 Å². The van der Waals surface area contributed by atoms with E-state index < -0.39 is 4.92 Å². The fraction of sp³-hybridized carbons (Fsp3) is 0.0833. The molecule has 32 heavy (non-hydrogen) atoms. The van der Waals surface area contributed by atoms with Crippen molar-refractivity contribution in [3.63, 3.8) is 0 Å². The second-order valence-corrected chi connectivity index (χ2v) is 7.69. The van der Waals surface area contributed by atoms with Gasteiger partial charge in [0.05, 0.1) is 17.6 Å². The maximum absolute atomic E-state index is 12.2. The van der Waals surface area contributed by atoms with Gasteiger partial charge in [-0.05, 0) is 29.3 Å². The Labute approximate surface area is 189 Å². The van der Waals surface area contributed by atoms with Crippen LogP contribution in [0.2, 0.25) is 5.02 Å². The van der Waals surface area contributed by atoms with Crippen LogP contribution in [-0.4, -0.2) is 21.6 Å². The molecule has 1 heterocycles. The lowest BCUT2D eigenvalue weighted by atomic mass is 10.1. The van der Waals surface area contributed by atoms with Gasteiger partial charge >= 0.3 is 0 Å². The number of hydrazone groups is 1. The third-order valence-corrected chi connectivity index (χ3v) is 5.24. The number of amides is 1.